The minimum Gasteiger partial charge on any atom is -0.481 e. The normalized spacial score (nSPS) is 21.9. The van der Waals surface area contributed by atoms with Gasteiger partial charge in [-0.15, -0.1) is 0 Å². The van der Waals surface area contributed by atoms with Gasteiger partial charge in [-0.1, -0.05) is 0 Å². The Balaban J connectivity index is 2.29. The van der Waals surface area contributed by atoms with E-state index >= 15 is 0 Å². The van der Waals surface area contributed by atoms with Crippen LogP contribution in [0.5, 0.6) is 0 Å². The second kappa shape index (κ2) is 6.17. The minimum absolute atomic E-state index is 0.0522. The van der Waals surface area contributed by atoms with Gasteiger partial charge in [-0.25, -0.2) is 13.1 Å². The summed E-state index contributed by atoms with van der Waals surface area (Å²) in [6, 6.07) is -0.0522. The Labute approximate surface area is 95.5 Å². The molecule has 0 aliphatic carbocycles. The van der Waals surface area contributed by atoms with E-state index in [9.17, 15) is 13.2 Å². The highest BCUT2D eigenvalue weighted by molar-refractivity contribution is 7.89. The maximum Gasteiger partial charge on any atom is 0.303 e. The van der Waals surface area contributed by atoms with Gasteiger partial charge in [0.15, 0.2) is 0 Å². The lowest BCUT2D eigenvalue weighted by Crippen LogP contribution is -2.46. The average molecular weight is 250 g/mol. The number of carbonyl (C=O) groups is 1. The van der Waals surface area contributed by atoms with Gasteiger partial charge >= 0.3 is 5.97 Å². The molecule has 1 unspecified atom stereocenters. The van der Waals surface area contributed by atoms with Gasteiger partial charge in [0.25, 0.3) is 0 Å². The summed E-state index contributed by atoms with van der Waals surface area (Å²) < 4.78 is 25.7. The van der Waals surface area contributed by atoms with Crippen LogP contribution in [-0.2, 0) is 14.8 Å². The maximum absolute atomic E-state index is 11.5. The van der Waals surface area contributed by atoms with Gasteiger partial charge in [0, 0.05) is 19.0 Å². The third kappa shape index (κ3) is 5.43. The molecule has 0 amide bonds. The molecule has 1 aliphatic rings. The first-order chi connectivity index (χ1) is 7.49. The summed E-state index contributed by atoms with van der Waals surface area (Å²) in [7, 11) is -3.33. The van der Waals surface area contributed by atoms with Crippen molar-refractivity contribution >= 4 is 16.0 Å². The van der Waals surface area contributed by atoms with E-state index in [1.54, 1.807) is 0 Å². The van der Waals surface area contributed by atoms with Crippen LogP contribution >= 0.6 is 0 Å². The quantitative estimate of drug-likeness (QED) is 0.592. The van der Waals surface area contributed by atoms with Crippen molar-refractivity contribution in [3.8, 4) is 0 Å². The molecular weight excluding hydrogens is 232 g/mol. The van der Waals surface area contributed by atoms with Gasteiger partial charge in [-0.2, -0.15) is 0 Å². The van der Waals surface area contributed by atoms with Gasteiger partial charge < -0.3 is 10.4 Å². The maximum atomic E-state index is 11.5. The molecular formula is C9H18N2O4S. The number of aliphatic carboxylic acids is 1. The van der Waals surface area contributed by atoms with Crippen molar-refractivity contribution in [2.45, 2.75) is 31.7 Å². The topological polar surface area (TPSA) is 95.5 Å². The summed E-state index contributed by atoms with van der Waals surface area (Å²) in [6.07, 6.45) is 1.85. The highest BCUT2D eigenvalue weighted by Gasteiger charge is 2.19. The molecule has 1 saturated heterocycles. The monoisotopic (exact) mass is 250 g/mol. The zero-order valence-electron chi connectivity index (χ0n) is 9.11. The molecule has 0 aromatic carbocycles. The molecule has 0 saturated carbocycles. The lowest BCUT2D eigenvalue weighted by Gasteiger charge is -2.23. The van der Waals surface area contributed by atoms with E-state index in [1.165, 1.54) is 0 Å². The van der Waals surface area contributed by atoms with E-state index in [0.717, 1.165) is 19.4 Å². The number of piperidine rings is 1. The largest absolute Gasteiger partial charge is 0.481 e. The Hall–Kier alpha value is -0.660. The summed E-state index contributed by atoms with van der Waals surface area (Å²) in [5.74, 6) is -1.08. The van der Waals surface area contributed by atoms with Gasteiger partial charge in [0.2, 0.25) is 10.0 Å². The summed E-state index contributed by atoms with van der Waals surface area (Å²) in [4.78, 5) is 10.2. The molecule has 0 spiro atoms. The predicted octanol–water partition coefficient (Wildman–Crippen LogP) is -0.477. The second-order valence-electron chi connectivity index (χ2n) is 3.98. The van der Waals surface area contributed by atoms with Crippen LogP contribution in [0.4, 0.5) is 0 Å². The molecule has 1 heterocycles. The molecule has 1 atom stereocenters. The van der Waals surface area contributed by atoms with Crippen LogP contribution in [0.3, 0.4) is 0 Å². The molecule has 0 aromatic rings. The lowest BCUT2D eigenvalue weighted by molar-refractivity contribution is -0.137. The van der Waals surface area contributed by atoms with Crippen LogP contribution in [-0.4, -0.2) is 44.4 Å². The smallest absolute Gasteiger partial charge is 0.303 e. The van der Waals surface area contributed by atoms with Crippen LogP contribution in [0, 0.1) is 0 Å². The highest BCUT2D eigenvalue weighted by atomic mass is 32.2. The first kappa shape index (κ1) is 13.4. The van der Waals surface area contributed by atoms with Crippen molar-refractivity contribution in [2.75, 3.05) is 18.8 Å². The molecule has 0 aromatic heterocycles. The summed E-state index contributed by atoms with van der Waals surface area (Å²) in [6.45, 7) is 1.58. The van der Waals surface area contributed by atoms with E-state index in [4.69, 9.17) is 5.11 Å². The van der Waals surface area contributed by atoms with E-state index in [2.05, 4.69) is 10.0 Å². The average Bonchev–Trinajstić information content (AvgIpc) is 2.17. The number of hydrogen-bond donors (Lipinski definition) is 3. The highest BCUT2D eigenvalue weighted by Crippen LogP contribution is 2.04. The van der Waals surface area contributed by atoms with Gasteiger partial charge in [-0.3, -0.25) is 4.79 Å². The van der Waals surface area contributed by atoms with Crippen LogP contribution in [0.15, 0.2) is 0 Å². The first-order valence-corrected chi connectivity index (χ1v) is 7.07. The van der Waals surface area contributed by atoms with E-state index in [0.29, 0.717) is 6.54 Å². The molecule has 0 bridgehead atoms. The Bertz CT molecular complexity index is 322. The van der Waals surface area contributed by atoms with Crippen molar-refractivity contribution in [1.82, 2.24) is 10.0 Å². The standard InChI is InChI=1S/C9H18N2O4S/c12-9(13)4-2-6-16(14,15)11-8-3-1-5-10-7-8/h8,10-11H,1-7H2,(H,12,13). The Morgan fingerprint density at radius 3 is 2.81 bits per heavy atom. The van der Waals surface area contributed by atoms with E-state index in [1.807, 2.05) is 0 Å². The SMILES string of the molecule is O=C(O)CCCS(=O)(=O)NC1CCCNC1. The van der Waals surface area contributed by atoms with Crippen molar-refractivity contribution < 1.29 is 18.3 Å². The van der Waals surface area contributed by atoms with Crippen LogP contribution in [0.25, 0.3) is 0 Å². The van der Waals surface area contributed by atoms with Gasteiger partial charge in [0.05, 0.1) is 5.75 Å². The summed E-state index contributed by atoms with van der Waals surface area (Å²) in [5, 5.41) is 11.5. The molecule has 6 nitrogen and oxygen atoms in total. The van der Waals surface area contributed by atoms with Crippen molar-refractivity contribution in [3.05, 3.63) is 0 Å². The third-order valence-corrected chi connectivity index (χ3v) is 3.97. The Morgan fingerprint density at radius 2 is 2.25 bits per heavy atom. The van der Waals surface area contributed by atoms with Gasteiger partial charge in [-0.05, 0) is 25.8 Å². The van der Waals surface area contributed by atoms with Crippen LogP contribution in [0.2, 0.25) is 0 Å². The predicted molar refractivity (Wildman–Crippen MR) is 59.7 cm³/mol. The second-order valence-corrected chi connectivity index (χ2v) is 5.85. The van der Waals surface area contributed by atoms with E-state index < -0.39 is 16.0 Å². The van der Waals surface area contributed by atoms with Crippen molar-refractivity contribution in [1.29, 1.82) is 0 Å². The fourth-order valence-electron chi connectivity index (χ4n) is 1.68. The minimum atomic E-state index is -3.33. The molecule has 94 valence electrons. The fraction of sp³-hybridized carbons (Fsp3) is 0.889. The number of sulfonamides is 1. The molecule has 1 fully saturated rings. The molecule has 3 N–H and O–H groups in total. The Kier molecular flexibility index (Phi) is 5.17. The molecule has 7 heteroatoms. The zero-order valence-corrected chi connectivity index (χ0v) is 9.92. The number of hydrogen-bond acceptors (Lipinski definition) is 4. The van der Waals surface area contributed by atoms with Gasteiger partial charge in [0.1, 0.15) is 0 Å². The Morgan fingerprint density at radius 1 is 1.50 bits per heavy atom. The number of carboxylic acid groups (broad SMARTS) is 1. The van der Waals surface area contributed by atoms with Crippen molar-refractivity contribution in [2.24, 2.45) is 0 Å². The molecule has 1 rings (SSSR count). The fourth-order valence-corrected chi connectivity index (χ4v) is 3.03. The summed E-state index contributed by atoms with van der Waals surface area (Å²) >= 11 is 0. The first-order valence-electron chi connectivity index (χ1n) is 5.42. The third-order valence-electron chi connectivity index (χ3n) is 2.45. The van der Waals surface area contributed by atoms with Crippen LogP contribution < -0.4 is 10.0 Å². The van der Waals surface area contributed by atoms with Crippen LogP contribution in [0.1, 0.15) is 25.7 Å². The molecule has 0 radical (unpaired) electrons. The lowest BCUT2D eigenvalue weighted by atomic mass is 10.1. The summed E-state index contributed by atoms with van der Waals surface area (Å²) in [5.41, 5.74) is 0. The van der Waals surface area contributed by atoms with E-state index in [-0.39, 0.29) is 24.6 Å². The number of carboxylic acids is 1. The zero-order chi connectivity index (χ0) is 12.0. The molecule has 1 aliphatic heterocycles. The molecule has 16 heavy (non-hydrogen) atoms. The number of nitrogens with one attached hydrogen (secondary N) is 2. The van der Waals surface area contributed by atoms with Crippen molar-refractivity contribution in [3.63, 3.8) is 0 Å². The number of rotatable bonds is 6.